The SMILES string of the molecule is C#Cc1cccc(C23CC4(c5cccc(C#C)c5)CC(c5cccc(C#C)c5)(C2)CC(c2cccc(C#C)c2)(C3)C4)c1. The van der Waals surface area contributed by atoms with E-state index in [0.29, 0.717) is 0 Å². The highest BCUT2D eigenvalue weighted by Gasteiger charge is 2.69. The Morgan fingerprint density at radius 2 is 0.571 bits per heavy atom. The number of terminal acetylenes is 4. The third kappa shape index (κ3) is 3.84. The van der Waals surface area contributed by atoms with Gasteiger partial charge in [-0.25, -0.2) is 0 Å². The van der Waals surface area contributed by atoms with Gasteiger partial charge in [-0.3, -0.25) is 0 Å². The first-order valence-corrected chi connectivity index (χ1v) is 14.7. The first-order valence-electron chi connectivity index (χ1n) is 14.7. The van der Waals surface area contributed by atoms with E-state index >= 15 is 0 Å². The maximum Gasteiger partial charge on any atom is 0.0245 e. The molecule has 0 unspecified atom stereocenters. The van der Waals surface area contributed by atoms with Crippen molar-refractivity contribution in [3.8, 4) is 49.4 Å². The monoisotopic (exact) mass is 536 g/mol. The second kappa shape index (κ2) is 9.33. The Morgan fingerprint density at radius 3 is 0.762 bits per heavy atom. The van der Waals surface area contributed by atoms with E-state index in [0.717, 1.165) is 60.8 Å². The van der Waals surface area contributed by atoms with Gasteiger partial charge in [0.05, 0.1) is 0 Å². The minimum absolute atomic E-state index is 0.0912. The molecule has 4 saturated carbocycles. The summed E-state index contributed by atoms with van der Waals surface area (Å²) in [7, 11) is 0. The lowest BCUT2D eigenvalue weighted by atomic mass is 9.32. The molecule has 4 fully saturated rings. The Morgan fingerprint density at radius 1 is 0.357 bits per heavy atom. The van der Waals surface area contributed by atoms with Crippen molar-refractivity contribution in [1.29, 1.82) is 0 Å². The van der Waals surface area contributed by atoms with Crippen molar-refractivity contribution < 1.29 is 0 Å². The highest BCUT2D eigenvalue weighted by Crippen LogP contribution is 2.74. The van der Waals surface area contributed by atoms with Crippen LogP contribution in [-0.2, 0) is 21.7 Å². The van der Waals surface area contributed by atoms with Gasteiger partial charge in [0.15, 0.2) is 0 Å². The summed E-state index contributed by atoms with van der Waals surface area (Å²) in [5, 5.41) is 0. The second-order valence-corrected chi connectivity index (χ2v) is 13.1. The van der Waals surface area contributed by atoms with Crippen LogP contribution in [0.15, 0.2) is 97.1 Å². The van der Waals surface area contributed by atoms with Gasteiger partial charge in [-0.2, -0.15) is 0 Å². The van der Waals surface area contributed by atoms with Crippen LogP contribution in [0.4, 0.5) is 0 Å². The van der Waals surface area contributed by atoms with E-state index in [1.54, 1.807) is 0 Å². The number of rotatable bonds is 4. The Labute approximate surface area is 250 Å². The quantitative estimate of drug-likeness (QED) is 0.232. The van der Waals surface area contributed by atoms with Gasteiger partial charge in [0, 0.05) is 22.3 Å². The molecule has 0 radical (unpaired) electrons. The molecule has 0 nitrogen and oxygen atoms in total. The summed E-state index contributed by atoms with van der Waals surface area (Å²) in [6, 6.07) is 34.9. The lowest BCUT2D eigenvalue weighted by Crippen LogP contribution is -2.67. The fraction of sp³-hybridized carbons (Fsp3) is 0.238. The third-order valence-electron chi connectivity index (χ3n) is 10.6. The van der Waals surface area contributed by atoms with Crippen molar-refractivity contribution in [2.75, 3.05) is 0 Å². The average Bonchev–Trinajstić information content (AvgIpc) is 3.04. The van der Waals surface area contributed by atoms with Crippen molar-refractivity contribution >= 4 is 0 Å². The first kappa shape index (κ1) is 26.0. The van der Waals surface area contributed by atoms with Crippen molar-refractivity contribution in [3.05, 3.63) is 142 Å². The van der Waals surface area contributed by atoms with Crippen LogP contribution < -0.4 is 0 Å². The lowest BCUT2D eigenvalue weighted by molar-refractivity contribution is -0.0692. The van der Waals surface area contributed by atoms with Crippen molar-refractivity contribution in [3.63, 3.8) is 0 Å². The van der Waals surface area contributed by atoms with Gasteiger partial charge in [-0.05, 0) is 131 Å². The first-order chi connectivity index (χ1) is 20.4. The Bertz CT molecular complexity index is 1590. The van der Waals surface area contributed by atoms with Gasteiger partial charge >= 0.3 is 0 Å². The van der Waals surface area contributed by atoms with Crippen LogP contribution in [0.25, 0.3) is 0 Å². The van der Waals surface area contributed by atoms with E-state index in [9.17, 15) is 0 Å². The molecule has 0 spiro atoms. The molecule has 0 heteroatoms. The summed E-state index contributed by atoms with van der Waals surface area (Å²) in [5.41, 5.74) is 8.70. The van der Waals surface area contributed by atoms with Crippen LogP contribution in [0.2, 0.25) is 0 Å². The summed E-state index contributed by atoms with van der Waals surface area (Å²) in [4.78, 5) is 0. The molecular weight excluding hydrogens is 504 g/mol. The van der Waals surface area contributed by atoms with Gasteiger partial charge in [0.25, 0.3) is 0 Å². The van der Waals surface area contributed by atoms with Crippen molar-refractivity contribution in [1.82, 2.24) is 0 Å². The molecule has 42 heavy (non-hydrogen) atoms. The van der Waals surface area contributed by atoms with Crippen LogP contribution in [0.5, 0.6) is 0 Å². The van der Waals surface area contributed by atoms with E-state index < -0.39 is 0 Å². The van der Waals surface area contributed by atoms with Crippen LogP contribution >= 0.6 is 0 Å². The van der Waals surface area contributed by atoms with E-state index in [1.807, 2.05) is 24.3 Å². The van der Waals surface area contributed by atoms with Crippen LogP contribution in [0.1, 0.15) is 83.0 Å². The molecule has 0 saturated heterocycles. The summed E-state index contributed by atoms with van der Waals surface area (Å²) in [6.07, 6.45) is 30.1. The van der Waals surface area contributed by atoms with Crippen LogP contribution in [0, 0.1) is 49.4 Å². The van der Waals surface area contributed by atoms with E-state index in [1.165, 1.54) is 22.3 Å². The number of benzene rings is 4. The third-order valence-corrected chi connectivity index (χ3v) is 10.6. The zero-order valence-corrected chi connectivity index (χ0v) is 23.8. The van der Waals surface area contributed by atoms with E-state index in [4.69, 9.17) is 25.7 Å². The Balaban J connectivity index is 1.55. The fourth-order valence-corrected chi connectivity index (χ4v) is 9.62. The topological polar surface area (TPSA) is 0 Å². The van der Waals surface area contributed by atoms with Crippen molar-refractivity contribution in [2.24, 2.45) is 0 Å². The maximum absolute atomic E-state index is 5.95. The molecule has 0 aliphatic heterocycles. The predicted octanol–water partition coefficient (Wildman–Crippen LogP) is 8.05. The largest absolute Gasteiger partial charge is 0.115 e. The molecule has 0 aromatic heterocycles. The van der Waals surface area contributed by atoms with Crippen LogP contribution in [-0.4, -0.2) is 0 Å². The molecule has 4 aromatic rings. The average molecular weight is 537 g/mol. The zero-order chi connectivity index (χ0) is 29.0. The minimum atomic E-state index is -0.0912. The summed E-state index contributed by atoms with van der Waals surface area (Å²) in [6.45, 7) is 0. The molecule has 4 aliphatic carbocycles. The van der Waals surface area contributed by atoms with Gasteiger partial charge in [0.1, 0.15) is 0 Å². The minimum Gasteiger partial charge on any atom is -0.115 e. The molecule has 4 aliphatic rings. The van der Waals surface area contributed by atoms with Gasteiger partial charge < -0.3 is 0 Å². The van der Waals surface area contributed by atoms with Gasteiger partial charge in [-0.15, -0.1) is 25.7 Å². The maximum atomic E-state index is 5.95. The molecule has 0 amide bonds. The van der Waals surface area contributed by atoms with Gasteiger partial charge in [0.2, 0.25) is 0 Å². The molecule has 0 N–H and O–H groups in total. The lowest BCUT2D eigenvalue weighted by Gasteiger charge is -2.71. The Kier molecular flexibility index (Phi) is 5.78. The number of hydrogen-bond donors (Lipinski definition) is 0. The fourth-order valence-electron chi connectivity index (χ4n) is 9.62. The molecular formula is C42H32. The molecule has 0 heterocycles. The smallest absolute Gasteiger partial charge is 0.0245 e. The van der Waals surface area contributed by atoms with Gasteiger partial charge in [-0.1, -0.05) is 72.2 Å². The van der Waals surface area contributed by atoms with E-state index in [-0.39, 0.29) is 21.7 Å². The highest BCUT2D eigenvalue weighted by molar-refractivity contribution is 5.53. The zero-order valence-electron chi connectivity index (χ0n) is 23.8. The molecule has 8 rings (SSSR count). The number of hydrogen-bond acceptors (Lipinski definition) is 0. The van der Waals surface area contributed by atoms with E-state index in [2.05, 4.69) is 96.5 Å². The molecule has 4 aromatic carbocycles. The predicted molar refractivity (Wildman–Crippen MR) is 172 cm³/mol. The highest BCUT2D eigenvalue weighted by atomic mass is 14.7. The summed E-state index contributed by atoms with van der Waals surface area (Å²) >= 11 is 0. The van der Waals surface area contributed by atoms with Crippen molar-refractivity contribution in [2.45, 2.75) is 60.2 Å². The summed E-state index contributed by atoms with van der Waals surface area (Å²) in [5.74, 6) is 11.6. The Hall–Kier alpha value is -4.88. The second-order valence-electron chi connectivity index (χ2n) is 13.1. The molecule has 4 bridgehead atoms. The van der Waals surface area contributed by atoms with Crippen LogP contribution in [0.3, 0.4) is 0 Å². The summed E-state index contributed by atoms with van der Waals surface area (Å²) < 4.78 is 0. The normalized spacial score (nSPS) is 28.7. The molecule has 200 valence electrons. The molecule has 0 atom stereocenters. The standard InChI is InChI=1S/C42H32/c1-5-31-13-9-17-35(21-31)39-25-40(36-18-10-14-32(6-2)22-36)28-41(26-39,37-19-11-15-33(7-3)23-37)30-42(27-39,29-40)38-20-12-16-34(8-4)24-38/h1-4,9-24H,25-30H2.